The Hall–Kier alpha value is -2.08. The molecule has 0 aromatic heterocycles. The van der Waals surface area contributed by atoms with Crippen LogP contribution in [0, 0.1) is 5.92 Å². The van der Waals surface area contributed by atoms with Crippen molar-refractivity contribution in [1.82, 2.24) is 15.5 Å². The van der Waals surface area contributed by atoms with E-state index in [2.05, 4.69) is 24.5 Å². The average Bonchev–Trinajstić information content (AvgIpc) is 2.65. The highest BCUT2D eigenvalue weighted by Crippen LogP contribution is 2.11. The van der Waals surface area contributed by atoms with Gasteiger partial charge in [-0.25, -0.2) is 4.79 Å². The first kappa shape index (κ1) is 20.2. The number of likely N-dealkylation sites (tertiary alicyclic amines) is 1. The molecule has 6 heteroatoms. The summed E-state index contributed by atoms with van der Waals surface area (Å²) < 4.78 is 5.50. The topological polar surface area (TPSA) is 70.7 Å². The zero-order chi connectivity index (χ0) is 18.8. The maximum absolute atomic E-state index is 12.2. The standard InChI is InChI=1S/C20H31N3O3/c1-16(2)15-26-14-6-11-21-20(25)23-12-9-18(10-13-23)22-19(24)17-7-4-3-5-8-17/h3-5,7-8,16,18H,6,9-15H2,1-2H3,(H,21,25)(H,22,24). The molecule has 0 aliphatic carbocycles. The molecule has 0 atom stereocenters. The summed E-state index contributed by atoms with van der Waals surface area (Å²) in [6.45, 7) is 7.62. The number of carbonyl (C=O) groups excluding carboxylic acids is 2. The Morgan fingerprint density at radius 2 is 1.88 bits per heavy atom. The minimum absolute atomic E-state index is 0.0262. The van der Waals surface area contributed by atoms with Crippen molar-refractivity contribution in [2.75, 3.05) is 32.8 Å². The maximum atomic E-state index is 12.2. The Balaban J connectivity index is 1.60. The van der Waals surface area contributed by atoms with Crippen LogP contribution in [0.4, 0.5) is 4.79 Å². The van der Waals surface area contributed by atoms with Crippen molar-refractivity contribution in [1.29, 1.82) is 0 Å². The Labute approximate surface area is 156 Å². The van der Waals surface area contributed by atoms with Crippen molar-refractivity contribution in [3.63, 3.8) is 0 Å². The Morgan fingerprint density at radius 1 is 1.19 bits per heavy atom. The van der Waals surface area contributed by atoms with Crippen LogP contribution in [0.25, 0.3) is 0 Å². The molecule has 1 aliphatic heterocycles. The molecular weight excluding hydrogens is 330 g/mol. The van der Waals surface area contributed by atoms with Crippen molar-refractivity contribution < 1.29 is 14.3 Å². The number of hydrogen-bond acceptors (Lipinski definition) is 3. The monoisotopic (exact) mass is 361 g/mol. The number of carbonyl (C=O) groups is 2. The molecule has 0 spiro atoms. The van der Waals surface area contributed by atoms with E-state index in [-0.39, 0.29) is 18.0 Å². The summed E-state index contributed by atoms with van der Waals surface area (Å²) in [5.74, 6) is 0.489. The van der Waals surface area contributed by atoms with Gasteiger partial charge in [0.15, 0.2) is 0 Å². The van der Waals surface area contributed by atoms with E-state index in [9.17, 15) is 9.59 Å². The molecule has 144 valence electrons. The number of piperidine rings is 1. The minimum Gasteiger partial charge on any atom is -0.381 e. The third-order valence-corrected chi connectivity index (χ3v) is 4.35. The predicted molar refractivity (Wildman–Crippen MR) is 102 cm³/mol. The lowest BCUT2D eigenvalue weighted by Crippen LogP contribution is -2.49. The summed E-state index contributed by atoms with van der Waals surface area (Å²) in [5.41, 5.74) is 0.673. The summed E-state index contributed by atoms with van der Waals surface area (Å²) >= 11 is 0. The smallest absolute Gasteiger partial charge is 0.317 e. The van der Waals surface area contributed by atoms with E-state index in [1.54, 1.807) is 0 Å². The fraction of sp³-hybridized carbons (Fsp3) is 0.600. The molecular formula is C20H31N3O3. The molecule has 2 rings (SSSR count). The molecule has 1 fully saturated rings. The predicted octanol–water partition coefficient (Wildman–Crippen LogP) is 2.65. The van der Waals surface area contributed by atoms with E-state index in [1.807, 2.05) is 35.2 Å². The van der Waals surface area contributed by atoms with Gasteiger partial charge < -0.3 is 20.3 Å². The van der Waals surface area contributed by atoms with E-state index in [0.717, 1.165) is 25.9 Å². The van der Waals surface area contributed by atoms with Crippen molar-refractivity contribution in [3.8, 4) is 0 Å². The molecule has 1 aromatic carbocycles. The molecule has 6 nitrogen and oxygen atoms in total. The Morgan fingerprint density at radius 3 is 2.54 bits per heavy atom. The number of rotatable bonds is 8. The summed E-state index contributed by atoms with van der Waals surface area (Å²) in [6, 6.07) is 9.32. The highest BCUT2D eigenvalue weighted by Gasteiger charge is 2.23. The van der Waals surface area contributed by atoms with Crippen LogP contribution in [0.15, 0.2) is 30.3 Å². The molecule has 3 amide bonds. The molecule has 1 saturated heterocycles. The van der Waals surface area contributed by atoms with E-state index in [4.69, 9.17) is 4.74 Å². The lowest BCUT2D eigenvalue weighted by atomic mass is 10.0. The normalized spacial score (nSPS) is 15.1. The van der Waals surface area contributed by atoms with Crippen LogP contribution in [0.5, 0.6) is 0 Å². The fourth-order valence-corrected chi connectivity index (χ4v) is 2.89. The molecule has 1 aromatic rings. The van der Waals surface area contributed by atoms with Crippen LogP contribution in [0.1, 0.15) is 43.5 Å². The first-order chi connectivity index (χ1) is 12.6. The van der Waals surface area contributed by atoms with E-state index >= 15 is 0 Å². The van der Waals surface area contributed by atoms with Crippen LogP contribution in [-0.2, 0) is 4.74 Å². The lowest BCUT2D eigenvalue weighted by Gasteiger charge is -2.32. The van der Waals surface area contributed by atoms with Crippen LogP contribution < -0.4 is 10.6 Å². The lowest BCUT2D eigenvalue weighted by molar-refractivity contribution is 0.0917. The van der Waals surface area contributed by atoms with Crippen molar-refractivity contribution >= 4 is 11.9 Å². The quantitative estimate of drug-likeness (QED) is 0.699. The van der Waals surface area contributed by atoms with E-state index < -0.39 is 0 Å². The first-order valence-corrected chi connectivity index (χ1v) is 9.52. The molecule has 1 aliphatic rings. The number of ether oxygens (including phenoxy) is 1. The van der Waals surface area contributed by atoms with Crippen molar-refractivity contribution in [3.05, 3.63) is 35.9 Å². The van der Waals surface area contributed by atoms with Crippen molar-refractivity contribution in [2.24, 2.45) is 5.92 Å². The molecule has 0 radical (unpaired) electrons. The van der Waals surface area contributed by atoms with Gasteiger partial charge in [0, 0.05) is 44.5 Å². The van der Waals surface area contributed by atoms with Crippen LogP contribution in [-0.4, -0.2) is 55.7 Å². The van der Waals surface area contributed by atoms with Crippen LogP contribution >= 0.6 is 0 Å². The number of nitrogens with zero attached hydrogens (tertiary/aromatic N) is 1. The van der Waals surface area contributed by atoms with Gasteiger partial charge in [-0.3, -0.25) is 4.79 Å². The maximum Gasteiger partial charge on any atom is 0.317 e. The van der Waals surface area contributed by atoms with Gasteiger partial charge in [0.2, 0.25) is 0 Å². The second-order valence-electron chi connectivity index (χ2n) is 7.16. The van der Waals surface area contributed by atoms with Gasteiger partial charge in [0.25, 0.3) is 5.91 Å². The minimum atomic E-state index is -0.0464. The third-order valence-electron chi connectivity index (χ3n) is 4.35. The molecule has 1 heterocycles. The zero-order valence-electron chi connectivity index (χ0n) is 15.9. The fourth-order valence-electron chi connectivity index (χ4n) is 2.89. The van der Waals surface area contributed by atoms with Gasteiger partial charge in [-0.2, -0.15) is 0 Å². The van der Waals surface area contributed by atoms with Gasteiger partial charge in [0.1, 0.15) is 0 Å². The summed E-state index contributed by atoms with van der Waals surface area (Å²) in [7, 11) is 0. The second kappa shape index (κ2) is 10.8. The highest BCUT2D eigenvalue weighted by molar-refractivity contribution is 5.94. The van der Waals surface area contributed by atoms with Gasteiger partial charge in [-0.15, -0.1) is 0 Å². The summed E-state index contributed by atoms with van der Waals surface area (Å²) in [4.78, 5) is 26.2. The van der Waals surface area contributed by atoms with Gasteiger partial charge in [0.05, 0.1) is 0 Å². The molecule has 2 N–H and O–H groups in total. The van der Waals surface area contributed by atoms with E-state index in [0.29, 0.717) is 37.7 Å². The molecule has 0 saturated carbocycles. The van der Waals surface area contributed by atoms with Crippen LogP contribution in [0.2, 0.25) is 0 Å². The largest absolute Gasteiger partial charge is 0.381 e. The molecule has 0 unspecified atom stereocenters. The SMILES string of the molecule is CC(C)COCCCNC(=O)N1CCC(NC(=O)c2ccccc2)CC1. The second-order valence-corrected chi connectivity index (χ2v) is 7.16. The summed E-state index contributed by atoms with van der Waals surface area (Å²) in [5, 5.41) is 6.00. The van der Waals surface area contributed by atoms with Gasteiger partial charge >= 0.3 is 6.03 Å². The number of nitrogens with one attached hydrogen (secondary N) is 2. The highest BCUT2D eigenvalue weighted by atomic mass is 16.5. The Bertz CT molecular complexity index is 555. The average molecular weight is 361 g/mol. The first-order valence-electron chi connectivity index (χ1n) is 9.52. The van der Waals surface area contributed by atoms with Crippen molar-refractivity contribution in [2.45, 2.75) is 39.2 Å². The van der Waals surface area contributed by atoms with E-state index in [1.165, 1.54) is 0 Å². The Kier molecular flexibility index (Phi) is 8.41. The van der Waals surface area contributed by atoms with Gasteiger partial charge in [-0.05, 0) is 37.3 Å². The third kappa shape index (κ3) is 7.04. The molecule has 0 bridgehead atoms. The van der Waals surface area contributed by atoms with Gasteiger partial charge in [-0.1, -0.05) is 32.0 Å². The number of urea groups is 1. The zero-order valence-corrected chi connectivity index (χ0v) is 15.9. The van der Waals surface area contributed by atoms with Crippen LogP contribution in [0.3, 0.4) is 0 Å². The molecule has 26 heavy (non-hydrogen) atoms. The number of amides is 3. The number of hydrogen-bond donors (Lipinski definition) is 2. The summed E-state index contributed by atoms with van der Waals surface area (Å²) in [6.07, 6.45) is 2.38. The number of benzene rings is 1.